The van der Waals surface area contributed by atoms with E-state index in [1.54, 1.807) is 0 Å². The van der Waals surface area contributed by atoms with Crippen molar-refractivity contribution in [3.05, 3.63) is 0 Å². The lowest BCUT2D eigenvalue weighted by molar-refractivity contribution is 0.209. The van der Waals surface area contributed by atoms with Gasteiger partial charge in [0.05, 0.1) is 0 Å². The van der Waals surface area contributed by atoms with Gasteiger partial charge in [-0.15, -0.1) is 0 Å². The Morgan fingerprint density at radius 1 is 1.06 bits per heavy atom. The van der Waals surface area contributed by atoms with Gasteiger partial charge < -0.3 is 20.0 Å². The second kappa shape index (κ2) is 9.73. The van der Waals surface area contributed by atoms with E-state index in [-0.39, 0.29) is 0 Å². The van der Waals surface area contributed by atoms with Crippen LogP contribution in [0.25, 0.3) is 0 Å². The minimum atomic E-state index is 1.16. The number of nitrogens with one attached hydrogen (secondary N) is 1. The Hall–Kier alpha value is -0.160. The number of nitrogens with zero attached hydrogens (tertiary/aromatic N) is 3. The molecule has 1 fully saturated rings. The van der Waals surface area contributed by atoms with E-state index in [4.69, 9.17) is 0 Å². The molecule has 108 valence electrons. The summed E-state index contributed by atoms with van der Waals surface area (Å²) < 4.78 is 0. The predicted molar refractivity (Wildman–Crippen MR) is 79.2 cm³/mol. The molecular weight excluding hydrogens is 224 g/mol. The Bertz CT molecular complexity index is 188. The van der Waals surface area contributed by atoms with Gasteiger partial charge in [-0.05, 0) is 59.7 Å². The highest BCUT2D eigenvalue weighted by Crippen LogP contribution is 1.98. The molecule has 4 heteroatoms. The molecule has 0 aliphatic carbocycles. The minimum absolute atomic E-state index is 1.16. The maximum absolute atomic E-state index is 3.46. The third-order valence-electron chi connectivity index (χ3n) is 3.69. The summed E-state index contributed by atoms with van der Waals surface area (Å²) in [7, 11) is 4.31. The van der Waals surface area contributed by atoms with Crippen LogP contribution >= 0.6 is 0 Å². The van der Waals surface area contributed by atoms with Crippen molar-refractivity contribution in [2.24, 2.45) is 0 Å². The molecule has 0 saturated carbocycles. The van der Waals surface area contributed by atoms with E-state index in [2.05, 4.69) is 41.0 Å². The zero-order valence-electron chi connectivity index (χ0n) is 12.6. The van der Waals surface area contributed by atoms with Crippen molar-refractivity contribution in [3.63, 3.8) is 0 Å². The van der Waals surface area contributed by atoms with Gasteiger partial charge in [-0.1, -0.05) is 6.92 Å². The molecule has 1 saturated heterocycles. The van der Waals surface area contributed by atoms with Crippen LogP contribution in [0.15, 0.2) is 0 Å². The van der Waals surface area contributed by atoms with Crippen molar-refractivity contribution >= 4 is 0 Å². The molecule has 0 unspecified atom stereocenters. The molecule has 0 amide bonds. The summed E-state index contributed by atoms with van der Waals surface area (Å²) in [6, 6.07) is 0. The Morgan fingerprint density at radius 2 is 1.89 bits per heavy atom. The first-order chi connectivity index (χ1) is 8.72. The van der Waals surface area contributed by atoms with Gasteiger partial charge in [-0.25, -0.2) is 0 Å². The van der Waals surface area contributed by atoms with Crippen LogP contribution in [0, 0.1) is 0 Å². The molecule has 0 bridgehead atoms. The smallest absolute Gasteiger partial charge is 0.0110 e. The molecule has 0 aromatic rings. The summed E-state index contributed by atoms with van der Waals surface area (Å²) in [5, 5.41) is 3.46. The molecule has 0 aromatic heterocycles. The predicted octanol–water partition coefficient (Wildman–Crippen LogP) is 0.555. The molecule has 1 N–H and O–H groups in total. The molecule has 0 spiro atoms. The van der Waals surface area contributed by atoms with E-state index in [0.717, 1.165) is 6.54 Å². The van der Waals surface area contributed by atoms with Crippen LogP contribution in [0.4, 0.5) is 0 Å². The van der Waals surface area contributed by atoms with Gasteiger partial charge in [0.2, 0.25) is 0 Å². The summed E-state index contributed by atoms with van der Waals surface area (Å²) in [6.07, 6.45) is 2.58. The SMILES string of the molecule is CCN(CCCN(C)C)CCN1CCCNCC1. The molecule has 18 heavy (non-hydrogen) atoms. The van der Waals surface area contributed by atoms with Crippen molar-refractivity contribution in [3.8, 4) is 0 Å². The number of hydrogen-bond donors (Lipinski definition) is 1. The first-order valence-corrected chi connectivity index (χ1v) is 7.52. The molecule has 0 aromatic carbocycles. The highest BCUT2D eigenvalue weighted by molar-refractivity contribution is 4.68. The van der Waals surface area contributed by atoms with E-state index in [1.807, 2.05) is 0 Å². The minimum Gasteiger partial charge on any atom is -0.315 e. The summed E-state index contributed by atoms with van der Waals surface area (Å²) in [6.45, 7) is 13.2. The Balaban J connectivity index is 2.13. The van der Waals surface area contributed by atoms with E-state index < -0.39 is 0 Å². The summed E-state index contributed by atoms with van der Waals surface area (Å²) in [4.78, 5) is 7.46. The van der Waals surface area contributed by atoms with Crippen molar-refractivity contribution in [2.75, 3.05) is 73.0 Å². The number of likely N-dealkylation sites (N-methyl/N-ethyl adjacent to an activating group) is 1. The second-order valence-corrected chi connectivity index (χ2v) is 5.54. The van der Waals surface area contributed by atoms with Crippen LogP contribution in [0.1, 0.15) is 19.8 Å². The van der Waals surface area contributed by atoms with Crippen LogP contribution in [0.3, 0.4) is 0 Å². The third kappa shape index (κ3) is 7.31. The fourth-order valence-electron chi connectivity index (χ4n) is 2.45. The number of rotatable bonds is 8. The lowest BCUT2D eigenvalue weighted by Crippen LogP contribution is -2.37. The van der Waals surface area contributed by atoms with Crippen LogP contribution in [-0.4, -0.2) is 87.7 Å². The van der Waals surface area contributed by atoms with Gasteiger partial charge in [-0.3, -0.25) is 0 Å². The molecule has 4 nitrogen and oxygen atoms in total. The van der Waals surface area contributed by atoms with Crippen molar-refractivity contribution < 1.29 is 0 Å². The first-order valence-electron chi connectivity index (χ1n) is 7.52. The molecular formula is C14H32N4. The van der Waals surface area contributed by atoms with Crippen molar-refractivity contribution in [1.29, 1.82) is 0 Å². The average molecular weight is 256 g/mol. The van der Waals surface area contributed by atoms with Gasteiger partial charge in [-0.2, -0.15) is 0 Å². The molecule has 1 rings (SSSR count). The van der Waals surface area contributed by atoms with Gasteiger partial charge in [0, 0.05) is 26.2 Å². The van der Waals surface area contributed by atoms with Crippen molar-refractivity contribution in [2.45, 2.75) is 19.8 Å². The lowest BCUT2D eigenvalue weighted by Gasteiger charge is -2.26. The van der Waals surface area contributed by atoms with Crippen LogP contribution in [-0.2, 0) is 0 Å². The standard InChI is InChI=1S/C14H32N4/c1-4-17(11-6-9-16(2)3)13-14-18-10-5-7-15-8-12-18/h15H,4-14H2,1-3H3. The second-order valence-electron chi connectivity index (χ2n) is 5.54. The van der Waals surface area contributed by atoms with E-state index in [0.29, 0.717) is 0 Å². The maximum Gasteiger partial charge on any atom is 0.0110 e. The fraction of sp³-hybridized carbons (Fsp3) is 1.00. The van der Waals surface area contributed by atoms with E-state index in [9.17, 15) is 0 Å². The third-order valence-corrected chi connectivity index (χ3v) is 3.69. The largest absolute Gasteiger partial charge is 0.315 e. The van der Waals surface area contributed by atoms with Gasteiger partial charge in [0.1, 0.15) is 0 Å². The Kier molecular flexibility index (Phi) is 8.59. The van der Waals surface area contributed by atoms with Crippen LogP contribution in [0.2, 0.25) is 0 Å². The maximum atomic E-state index is 3.46. The monoisotopic (exact) mass is 256 g/mol. The summed E-state index contributed by atoms with van der Waals surface area (Å²) in [5.74, 6) is 0. The van der Waals surface area contributed by atoms with Gasteiger partial charge in [0.25, 0.3) is 0 Å². The molecule has 1 aliphatic rings. The molecule has 0 radical (unpaired) electrons. The zero-order chi connectivity index (χ0) is 13.2. The zero-order valence-corrected chi connectivity index (χ0v) is 12.6. The normalized spacial score (nSPS) is 18.5. The Morgan fingerprint density at radius 3 is 2.61 bits per heavy atom. The van der Waals surface area contributed by atoms with Gasteiger partial charge >= 0.3 is 0 Å². The summed E-state index contributed by atoms with van der Waals surface area (Å²) in [5.41, 5.74) is 0. The average Bonchev–Trinajstić information content (AvgIpc) is 2.61. The molecule has 0 atom stereocenters. The topological polar surface area (TPSA) is 21.8 Å². The quantitative estimate of drug-likeness (QED) is 0.685. The molecule has 1 heterocycles. The van der Waals surface area contributed by atoms with E-state index in [1.165, 1.54) is 65.2 Å². The van der Waals surface area contributed by atoms with Crippen LogP contribution < -0.4 is 5.32 Å². The molecule has 1 aliphatic heterocycles. The van der Waals surface area contributed by atoms with E-state index >= 15 is 0 Å². The number of hydrogen-bond acceptors (Lipinski definition) is 4. The highest BCUT2D eigenvalue weighted by atomic mass is 15.2. The summed E-state index contributed by atoms with van der Waals surface area (Å²) >= 11 is 0. The fourth-order valence-corrected chi connectivity index (χ4v) is 2.45. The Labute approximate surface area is 113 Å². The lowest BCUT2D eigenvalue weighted by atomic mass is 10.3. The first kappa shape index (κ1) is 15.9. The van der Waals surface area contributed by atoms with Crippen molar-refractivity contribution in [1.82, 2.24) is 20.0 Å². The van der Waals surface area contributed by atoms with Gasteiger partial charge in [0.15, 0.2) is 0 Å². The highest BCUT2D eigenvalue weighted by Gasteiger charge is 2.10. The van der Waals surface area contributed by atoms with Crippen LogP contribution in [0.5, 0.6) is 0 Å².